The standard InChI is InChI=1S/C17H21NO4S/c1-12-5-8-16(9-13(12)2)23(19,20)18-11-14-6-7-15(21-3)10-17(14)22-4/h5-10,18H,11H2,1-4H3. The van der Waals surface area contributed by atoms with E-state index in [1.54, 1.807) is 43.5 Å². The van der Waals surface area contributed by atoms with E-state index < -0.39 is 10.0 Å². The van der Waals surface area contributed by atoms with Crippen molar-refractivity contribution in [1.82, 2.24) is 4.72 Å². The first-order valence-electron chi connectivity index (χ1n) is 7.15. The van der Waals surface area contributed by atoms with Gasteiger partial charge in [-0.1, -0.05) is 12.1 Å². The van der Waals surface area contributed by atoms with Gasteiger partial charge < -0.3 is 9.47 Å². The maximum atomic E-state index is 12.4. The second-order valence-electron chi connectivity index (χ2n) is 5.25. The van der Waals surface area contributed by atoms with Crippen molar-refractivity contribution in [2.75, 3.05) is 14.2 Å². The van der Waals surface area contributed by atoms with Crippen molar-refractivity contribution in [1.29, 1.82) is 0 Å². The molecule has 0 fully saturated rings. The Hall–Kier alpha value is -2.05. The van der Waals surface area contributed by atoms with Crippen LogP contribution in [0.1, 0.15) is 16.7 Å². The molecule has 6 heteroatoms. The minimum atomic E-state index is -3.58. The van der Waals surface area contributed by atoms with Crippen molar-refractivity contribution in [3.05, 3.63) is 53.1 Å². The van der Waals surface area contributed by atoms with E-state index in [0.717, 1.165) is 16.7 Å². The average molecular weight is 335 g/mol. The highest BCUT2D eigenvalue weighted by Crippen LogP contribution is 2.25. The van der Waals surface area contributed by atoms with E-state index in [2.05, 4.69) is 4.72 Å². The van der Waals surface area contributed by atoms with E-state index in [0.29, 0.717) is 11.5 Å². The molecule has 5 nitrogen and oxygen atoms in total. The molecule has 2 rings (SSSR count). The van der Waals surface area contributed by atoms with E-state index in [4.69, 9.17) is 9.47 Å². The van der Waals surface area contributed by atoms with Crippen LogP contribution in [-0.4, -0.2) is 22.6 Å². The molecular weight excluding hydrogens is 314 g/mol. The lowest BCUT2D eigenvalue weighted by Gasteiger charge is -2.12. The van der Waals surface area contributed by atoms with Gasteiger partial charge in [0.15, 0.2) is 0 Å². The molecule has 2 aromatic carbocycles. The SMILES string of the molecule is COc1ccc(CNS(=O)(=O)c2ccc(C)c(C)c2)c(OC)c1. The zero-order valence-corrected chi connectivity index (χ0v) is 14.5. The normalized spacial score (nSPS) is 11.3. The van der Waals surface area contributed by atoms with Gasteiger partial charge in [0.2, 0.25) is 10.0 Å². The second-order valence-corrected chi connectivity index (χ2v) is 7.02. The first-order chi connectivity index (χ1) is 10.9. The Morgan fingerprint density at radius 1 is 0.957 bits per heavy atom. The fraction of sp³-hybridized carbons (Fsp3) is 0.294. The van der Waals surface area contributed by atoms with Gasteiger partial charge in [0.1, 0.15) is 11.5 Å². The van der Waals surface area contributed by atoms with Crippen molar-refractivity contribution in [3.63, 3.8) is 0 Å². The number of sulfonamides is 1. The number of ether oxygens (including phenoxy) is 2. The molecule has 2 aromatic rings. The highest BCUT2D eigenvalue weighted by atomic mass is 32.2. The maximum Gasteiger partial charge on any atom is 0.240 e. The summed E-state index contributed by atoms with van der Waals surface area (Å²) in [5.74, 6) is 1.23. The van der Waals surface area contributed by atoms with E-state index in [9.17, 15) is 8.42 Å². The van der Waals surface area contributed by atoms with Crippen LogP contribution in [0, 0.1) is 13.8 Å². The average Bonchev–Trinajstić information content (AvgIpc) is 2.55. The van der Waals surface area contributed by atoms with Crippen LogP contribution < -0.4 is 14.2 Å². The molecule has 0 radical (unpaired) electrons. The Labute approximate surface area is 137 Å². The van der Waals surface area contributed by atoms with E-state index in [1.807, 2.05) is 13.8 Å². The summed E-state index contributed by atoms with van der Waals surface area (Å²) < 4.78 is 37.8. The summed E-state index contributed by atoms with van der Waals surface area (Å²) in [6.07, 6.45) is 0. The van der Waals surface area contributed by atoms with E-state index >= 15 is 0 Å². The molecule has 0 aliphatic heterocycles. The molecule has 0 bridgehead atoms. The lowest BCUT2D eigenvalue weighted by Crippen LogP contribution is -2.23. The molecule has 1 N–H and O–H groups in total. The van der Waals surface area contributed by atoms with Crippen molar-refractivity contribution in [2.24, 2.45) is 0 Å². The molecule has 0 unspecified atom stereocenters. The van der Waals surface area contributed by atoms with Crippen LogP contribution in [0.2, 0.25) is 0 Å². The Balaban J connectivity index is 2.20. The van der Waals surface area contributed by atoms with Crippen molar-refractivity contribution < 1.29 is 17.9 Å². The summed E-state index contributed by atoms with van der Waals surface area (Å²) in [5.41, 5.74) is 2.73. The number of rotatable bonds is 6. The quantitative estimate of drug-likeness (QED) is 0.882. The number of hydrogen-bond donors (Lipinski definition) is 1. The first-order valence-corrected chi connectivity index (χ1v) is 8.63. The van der Waals surface area contributed by atoms with Crippen LogP contribution in [0.25, 0.3) is 0 Å². The summed E-state index contributed by atoms with van der Waals surface area (Å²) in [5, 5.41) is 0. The number of benzene rings is 2. The molecule has 0 saturated carbocycles. The van der Waals surface area contributed by atoms with Crippen LogP contribution in [0.4, 0.5) is 0 Å². The predicted molar refractivity (Wildman–Crippen MR) is 89.5 cm³/mol. The third-order valence-corrected chi connectivity index (χ3v) is 5.13. The van der Waals surface area contributed by atoms with Gasteiger partial charge in [-0.2, -0.15) is 0 Å². The van der Waals surface area contributed by atoms with E-state index in [-0.39, 0.29) is 11.4 Å². The zero-order valence-electron chi connectivity index (χ0n) is 13.7. The molecule has 23 heavy (non-hydrogen) atoms. The van der Waals surface area contributed by atoms with Gasteiger partial charge in [-0.25, -0.2) is 13.1 Å². The first kappa shape index (κ1) is 17.3. The number of nitrogens with one attached hydrogen (secondary N) is 1. The molecule has 124 valence electrons. The van der Waals surface area contributed by atoms with Crippen LogP contribution in [0.5, 0.6) is 11.5 Å². The van der Waals surface area contributed by atoms with Gasteiger partial charge in [0, 0.05) is 18.2 Å². The Morgan fingerprint density at radius 2 is 1.70 bits per heavy atom. The van der Waals surface area contributed by atoms with Crippen molar-refractivity contribution >= 4 is 10.0 Å². The fourth-order valence-electron chi connectivity index (χ4n) is 2.14. The zero-order chi connectivity index (χ0) is 17.0. The van der Waals surface area contributed by atoms with Gasteiger partial charge in [0.05, 0.1) is 19.1 Å². The second kappa shape index (κ2) is 7.02. The summed E-state index contributed by atoms with van der Waals surface area (Å²) in [4.78, 5) is 0.257. The lowest BCUT2D eigenvalue weighted by atomic mass is 10.1. The van der Waals surface area contributed by atoms with Gasteiger partial charge >= 0.3 is 0 Å². The summed E-state index contributed by atoms with van der Waals surface area (Å²) in [6.45, 7) is 3.98. The summed E-state index contributed by atoms with van der Waals surface area (Å²) >= 11 is 0. The summed E-state index contributed by atoms with van der Waals surface area (Å²) in [6, 6.07) is 10.3. The van der Waals surface area contributed by atoms with Crippen LogP contribution in [0.3, 0.4) is 0 Å². The third-order valence-electron chi connectivity index (χ3n) is 3.74. The van der Waals surface area contributed by atoms with Crippen LogP contribution in [0.15, 0.2) is 41.3 Å². The number of hydrogen-bond acceptors (Lipinski definition) is 4. The summed E-state index contributed by atoms with van der Waals surface area (Å²) in [7, 11) is -0.471. The lowest BCUT2D eigenvalue weighted by molar-refractivity contribution is 0.390. The maximum absolute atomic E-state index is 12.4. The molecule has 0 heterocycles. The third kappa shape index (κ3) is 4.03. The van der Waals surface area contributed by atoms with Crippen LogP contribution >= 0.6 is 0 Å². The largest absolute Gasteiger partial charge is 0.497 e. The van der Waals surface area contributed by atoms with Crippen molar-refractivity contribution in [3.8, 4) is 11.5 Å². The Morgan fingerprint density at radius 3 is 2.30 bits per heavy atom. The van der Waals surface area contributed by atoms with Crippen LogP contribution in [-0.2, 0) is 16.6 Å². The predicted octanol–water partition coefficient (Wildman–Crippen LogP) is 2.80. The number of aryl methyl sites for hydroxylation is 2. The highest BCUT2D eigenvalue weighted by molar-refractivity contribution is 7.89. The Kier molecular flexibility index (Phi) is 5.28. The van der Waals surface area contributed by atoms with E-state index in [1.165, 1.54) is 7.11 Å². The van der Waals surface area contributed by atoms with Gasteiger partial charge in [-0.3, -0.25) is 0 Å². The molecule has 0 saturated heterocycles. The smallest absolute Gasteiger partial charge is 0.240 e. The van der Waals surface area contributed by atoms with Crippen molar-refractivity contribution in [2.45, 2.75) is 25.3 Å². The molecule has 0 aromatic heterocycles. The highest BCUT2D eigenvalue weighted by Gasteiger charge is 2.15. The molecule has 0 atom stereocenters. The molecule has 0 spiro atoms. The molecule has 0 aliphatic carbocycles. The minimum absolute atomic E-state index is 0.141. The molecule has 0 aliphatic rings. The monoisotopic (exact) mass is 335 g/mol. The molecular formula is C17H21NO4S. The number of methoxy groups -OCH3 is 2. The van der Waals surface area contributed by atoms with Gasteiger partial charge in [0.25, 0.3) is 0 Å². The fourth-order valence-corrected chi connectivity index (χ4v) is 3.23. The van der Waals surface area contributed by atoms with Gasteiger partial charge in [-0.05, 0) is 43.2 Å². The minimum Gasteiger partial charge on any atom is -0.497 e. The molecule has 0 amide bonds. The van der Waals surface area contributed by atoms with Gasteiger partial charge in [-0.15, -0.1) is 0 Å². The Bertz CT molecular complexity index is 800. The topological polar surface area (TPSA) is 64.6 Å².